The fourth-order valence-corrected chi connectivity index (χ4v) is 3.42. The molecule has 174 valence electrons. The number of ether oxygens (including phenoxy) is 1. The van der Waals surface area contributed by atoms with Gasteiger partial charge in [0.1, 0.15) is 11.5 Å². The number of pyridine rings is 1. The maximum absolute atomic E-state index is 14.4. The van der Waals surface area contributed by atoms with Gasteiger partial charge in [-0.1, -0.05) is 0 Å². The van der Waals surface area contributed by atoms with Crippen LogP contribution >= 0.6 is 0 Å². The highest BCUT2D eigenvalue weighted by Gasteiger charge is 2.22. The predicted molar refractivity (Wildman–Crippen MR) is 121 cm³/mol. The molecule has 3 heterocycles. The number of furan rings is 1. The van der Waals surface area contributed by atoms with Crippen LogP contribution in [0.1, 0.15) is 47.5 Å². The van der Waals surface area contributed by atoms with Crippen molar-refractivity contribution in [1.82, 2.24) is 14.8 Å². The first kappa shape index (κ1) is 22.8. The molecule has 0 bridgehead atoms. The second-order valence-corrected chi connectivity index (χ2v) is 7.83. The van der Waals surface area contributed by atoms with E-state index in [-0.39, 0.29) is 28.8 Å². The van der Waals surface area contributed by atoms with Crippen LogP contribution in [0.2, 0.25) is 0 Å². The minimum Gasteiger partial charge on any atom is -0.463 e. The van der Waals surface area contributed by atoms with E-state index in [0.29, 0.717) is 22.5 Å². The third-order valence-electron chi connectivity index (χ3n) is 4.97. The van der Waals surface area contributed by atoms with Crippen molar-refractivity contribution in [3.8, 4) is 11.5 Å². The van der Waals surface area contributed by atoms with E-state index in [4.69, 9.17) is 9.15 Å². The normalized spacial score (nSPS) is 11.1. The number of esters is 1. The number of carbonyl (C=O) groups excluding carboxylic acids is 3. The van der Waals surface area contributed by atoms with Gasteiger partial charge in [-0.25, -0.2) is 18.9 Å². The van der Waals surface area contributed by atoms with Crippen LogP contribution in [0.3, 0.4) is 0 Å². The molecule has 0 atom stereocenters. The molecule has 3 aromatic heterocycles. The molecule has 0 saturated carbocycles. The number of benzene rings is 1. The van der Waals surface area contributed by atoms with Crippen LogP contribution in [0.4, 0.5) is 10.1 Å². The first-order valence-corrected chi connectivity index (χ1v) is 10.4. The highest BCUT2D eigenvalue weighted by atomic mass is 19.1. The number of anilines is 1. The molecule has 34 heavy (non-hydrogen) atoms. The zero-order valence-electron chi connectivity index (χ0n) is 18.7. The predicted octanol–water partition coefficient (Wildman–Crippen LogP) is 4.41. The van der Waals surface area contributed by atoms with Crippen molar-refractivity contribution in [1.29, 1.82) is 0 Å². The van der Waals surface area contributed by atoms with Gasteiger partial charge in [-0.2, -0.15) is 5.10 Å². The lowest BCUT2D eigenvalue weighted by Crippen LogP contribution is -2.16. The van der Waals surface area contributed by atoms with E-state index >= 15 is 0 Å². The fraction of sp³-hybridized carbons (Fsp3) is 0.208. The Kier molecular flexibility index (Phi) is 6.22. The highest BCUT2D eigenvalue weighted by molar-refractivity contribution is 6.05. The number of nitrogens with one attached hydrogen (secondary N) is 1. The summed E-state index contributed by atoms with van der Waals surface area (Å²) in [5, 5.41) is 7.19. The van der Waals surface area contributed by atoms with E-state index in [2.05, 4.69) is 15.4 Å². The molecule has 1 N–H and O–H groups in total. The van der Waals surface area contributed by atoms with E-state index in [0.717, 1.165) is 6.07 Å². The third-order valence-corrected chi connectivity index (χ3v) is 4.97. The monoisotopic (exact) mass is 464 g/mol. The van der Waals surface area contributed by atoms with Crippen molar-refractivity contribution < 1.29 is 27.9 Å². The molecule has 1 amide bonds. The molecular formula is C24H21FN4O5. The first-order chi connectivity index (χ1) is 16.2. The lowest BCUT2D eigenvalue weighted by Gasteiger charge is -2.10. The minimum absolute atomic E-state index is 0.0225. The Balaban J connectivity index is 1.59. The van der Waals surface area contributed by atoms with Crippen molar-refractivity contribution >= 4 is 34.4 Å². The molecule has 9 nitrogen and oxygen atoms in total. The quantitative estimate of drug-likeness (QED) is 0.318. The van der Waals surface area contributed by atoms with E-state index in [1.54, 1.807) is 16.8 Å². The molecule has 10 heteroatoms. The van der Waals surface area contributed by atoms with Gasteiger partial charge < -0.3 is 14.5 Å². The Morgan fingerprint density at radius 3 is 2.62 bits per heavy atom. The first-order valence-electron chi connectivity index (χ1n) is 10.4. The average molecular weight is 464 g/mol. The van der Waals surface area contributed by atoms with Gasteiger partial charge in [-0.15, -0.1) is 0 Å². The van der Waals surface area contributed by atoms with E-state index in [1.165, 1.54) is 37.6 Å². The number of hydrogen-bond donors (Lipinski definition) is 1. The molecule has 0 aliphatic heterocycles. The summed E-state index contributed by atoms with van der Waals surface area (Å²) in [5.41, 5.74) is 0.966. The zero-order valence-corrected chi connectivity index (χ0v) is 18.7. The van der Waals surface area contributed by atoms with Gasteiger partial charge >= 0.3 is 5.97 Å². The molecule has 4 rings (SSSR count). The minimum atomic E-state index is -0.836. The second-order valence-electron chi connectivity index (χ2n) is 7.83. The average Bonchev–Trinajstić information content (AvgIpc) is 3.46. The number of rotatable bonds is 7. The lowest BCUT2D eigenvalue weighted by molar-refractivity contribution is -0.114. The number of nitrogens with zero attached hydrogens (tertiary/aromatic N) is 3. The number of carbonyl (C=O) groups is 3. The number of aromatic nitrogens is 3. The van der Waals surface area contributed by atoms with Crippen LogP contribution < -0.4 is 5.32 Å². The van der Waals surface area contributed by atoms with Crippen molar-refractivity contribution in [3.63, 3.8) is 0 Å². The molecule has 0 spiro atoms. The number of amides is 1. The smallest absolute Gasteiger partial charge is 0.339 e. The fourth-order valence-electron chi connectivity index (χ4n) is 3.42. The Labute approximate surface area is 193 Å². The van der Waals surface area contributed by atoms with Gasteiger partial charge in [-0.05, 0) is 50.2 Å². The van der Waals surface area contributed by atoms with Crippen LogP contribution in [0.15, 0.2) is 53.3 Å². The summed E-state index contributed by atoms with van der Waals surface area (Å²) in [6.45, 7) is 4.47. The maximum Gasteiger partial charge on any atom is 0.339 e. The molecule has 0 fully saturated rings. The molecule has 0 radical (unpaired) electrons. The maximum atomic E-state index is 14.4. The topological polar surface area (TPSA) is 116 Å². The summed E-state index contributed by atoms with van der Waals surface area (Å²) >= 11 is 0. The third kappa shape index (κ3) is 4.56. The highest BCUT2D eigenvalue weighted by Crippen LogP contribution is 2.27. The van der Waals surface area contributed by atoms with Gasteiger partial charge in [0.15, 0.2) is 18.0 Å². The van der Waals surface area contributed by atoms with Crippen molar-refractivity contribution in [3.05, 3.63) is 65.8 Å². The van der Waals surface area contributed by atoms with Gasteiger partial charge in [0.25, 0.3) is 0 Å². The Morgan fingerprint density at radius 1 is 1.18 bits per heavy atom. The van der Waals surface area contributed by atoms with Crippen molar-refractivity contribution in [2.75, 3.05) is 11.9 Å². The summed E-state index contributed by atoms with van der Waals surface area (Å²) in [6.07, 6.45) is 3.00. The molecule has 0 aliphatic rings. The molecule has 4 aromatic rings. The van der Waals surface area contributed by atoms with Gasteiger partial charge in [0.05, 0.1) is 29.0 Å². The van der Waals surface area contributed by atoms with Crippen LogP contribution in [-0.2, 0) is 9.53 Å². The summed E-state index contributed by atoms with van der Waals surface area (Å²) in [7, 11) is 0. The Hall–Kier alpha value is -4.34. The van der Waals surface area contributed by atoms with Crippen molar-refractivity contribution in [2.24, 2.45) is 0 Å². The number of hydrogen-bond acceptors (Lipinski definition) is 7. The summed E-state index contributed by atoms with van der Waals surface area (Å²) < 4.78 is 26.7. The van der Waals surface area contributed by atoms with Crippen molar-refractivity contribution in [2.45, 2.75) is 26.8 Å². The van der Waals surface area contributed by atoms with E-state index in [1.807, 2.05) is 13.8 Å². The number of Topliss-reactive ketones (excluding diaryl/α,β-unsaturated/α-hetero) is 1. The summed E-state index contributed by atoms with van der Waals surface area (Å²) in [4.78, 5) is 41.1. The van der Waals surface area contributed by atoms with Crippen LogP contribution in [0.25, 0.3) is 22.5 Å². The van der Waals surface area contributed by atoms with E-state index in [9.17, 15) is 18.8 Å². The molecule has 0 saturated heterocycles. The second kappa shape index (κ2) is 9.26. The van der Waals surface area contributed by atoms with Gasteiger partial charge in [0.2, 0.25) is 11.7 Å². The number of halogens is 1. The largest absolute Gasteiger partial charge is 0.463 e. The van der Waals surface area contributed by atoms with Gasteiger partial charge in [0, 0.05) is 18.7 Å². The van der Waals surface area contributed by atoms with Crippen LogP contribution in [0, 0.1) is 5.82 Å². The number of fused-ring (bicyclic) bond motifs is 1. The Morgan fingerprint density at radius 2 is 1.97 bits per heavy atom. The molecular weight excluding hydrogens is 443 g/mol. The molecule has 0 aliphatic carbocycles. The Bertz CT molecular complexity index is 1390. The lowest BCUT2D eigenvalue weighted by atomic mass is 10.1. The van der Waals surface area contributed by atoms with Crippen LogP contribution in [0.5, 0.6) is 0 Å². The standard InChI is InChI=1S/C24H21FN4O5/c1-13(2)29-23-18(11-26-29)17(10-20(28-23)22-5-4-8-33-22)24(32)34-12-21(31)16-7-6-15(9-19(16)25)27-14(3)30/h4-11,13H,12H2,1-3H3,(H,27,30). The summed E-state index contributed by atoms with van der Waals surface area (Å²) in [6, 6.07) is 8.53. The zero-order chi connectivity index (χ0) is 24.4. The SMILES string of the molecule is CC(=O)Nc1ccc(C(=O)COC(=O)c2cc(-c3ccco3)nc3c2cnn3C(C)C)c(F)c1. The number of ketones is 1. The molecule has 0 unspecified atom stereocenters. The summed E-state index contributed by atoms with van der Waals surface area (Å²) in [5.74, 6) is -2.27. The molecule has 1 aromatic carbocycles. The van der Waals surface area contributed by atoms with Crippen LogP contribution in [-0.4, -0.2) is 39.0 Å². The van der Waals surface area contributed by atoms with E-state index < -0.39 is 24.2 Å². The van der Waals surface area contributed by atoms with Gasteiger partial charge in [-0.3, -0.25) is 9.59 Å².